The summed E-state index contributed by atoms with van der Waals surface area (Å²) in [7, 11) is 0. The number of halogens is 3. The van der Waals surface area contributed by atoms with Gasteiger partial charge in [-0.05, 0) is 12.0 Å². The van der Waals surface area contributed by atoms with Gasteiger partial charge in [-0.25, -0.2) is 0 Å². The Morgan fingerprint density at radius 3 is 2.12 bits per heavy atom. The van der Waals surface area contributed by atoms with Crippen molar-refractivity contribution in [3.05, 3.63) is 36.5 Å². The maximum absolute atomic E-state index is 12.4. The van der Waals surface area contributed by atoms with E-state index in [0.29, 0.717) is 6.08 Å². The lowest BCUT2D eigenvalue weighted by molar-refractivity contribution is -0.138. The largest absolute Gasteiger partial charge is 0.480 e. The van der Waals surface area contributed by atoms with Crippen molar-refractivity contribution < 1.29 is 23.1 Å². The van der Waals surface area contributed by atoms with Crippen molar-refractivity contribution in [2.45, 2.75) is 18.6 Å². The van der Waals surface area contributed by atoms with Crippen LogP contribution in [-0.2, 0) is 4.79 Å². The van der Waals surface area contributed by atoms with E-state index in [-0.39, 0.29) is 5.57 Å². The minimum Gasteiger partial charge on any atom is -0.480 e. The summed E-state index contributed by atoms with van der Waals surface area (Å²) in [6.45, 7) is 6.24. The van der Waals surface area contributed by atoms with Gasteiger partial charge in [0.05, 0.1) is 5.57 Å². The quantitative estimate of drug-likeness (QED) is 0.716. The molecule has 0 aromatic rings. The number of carboxylic acid groups (broad SMARTS) is 1. The molecule has 0 rings (SSSR count). The molecule has 1 unspecified atom stereocenters. The number of allylic oxidation sites excluding steroid dienone is 3. The molecule has 0 radical (unpaired) electrons. The molecule has 0 spiro atoms. The molecule has 0 fully saturated rings. The summed E-state index contributed by atoms with van der Waals surface area (Å²) in [6, 6.07) is -1.40. The molecule has 0 saturated carbocycles. The summed E-state index contributed by atoms with van der Waals surface area (Å²) in [5.41, 5.74) is 3.85. The van der Waals surface area contributed by atoms with Crippen LogP contribution in [0.25, 0.3) is 0 Å². The lowest BCUT2D eigenvalue weighted by atomic mass is 10.0. The lowest BCUT2D eigenvalue weighted by Crippen LogP contribution is -2.31. The zero-order valence-electron chi connectivity index (χ0n) is 8.42. The van der Waals surface area contributed by atoms with Gasteiger partial charge in [0.25, 0.3) is 0 Å². The van der Waals surface area contributed by atoms with Crippen LogP contribution in [0.3, 0.4) is 0 Å². The first-order valence-corrected chi connectivity index (χ1v) is 4.27. The molecule has 1 atom stereocenters. The Morgan fingerprint density at radius 1 is 1.38 bits per heavy atom. The van der Waals surface area contributed by atoms with Gasteiger partial charge in [0, 0.05) is 0 Å². The molecule has 0 aliphatic carbocycles. The minimum absolute atomic E-state index is 0.280. The molecule has 0 bridgehead atoms. The molecule has 0 aliphatic rings. The van der Waals surface area contributed by atoms with E-state index in [0.717, 1.165) is 6.08 Å². The second kappa shape index (κ2) is 5.50. The normalized spacial score (nSPS) is 15.0. The van der Waals surface area contributed by atoms with Crippen molar-refractivity contribution in [1.29, 1.82) is 0 Å². The number of hydrogen-bond donors (Lipinski definition) is 2. The predicted octanol–water partition coefficient (Wildman–Crippen LogP) is 2.02. The van der Waals surface area contributed by atoms with E-state index >= 15 is 0 Å². The van der Waals surface area contributed by atoms with E-state index < -0.39 is 30.2 Å². The summed E-state index contributed by atoms with van der Waals surface area (Å²) in [6.07, 6.45) is -3.48. The molecule has 3 N–H and O–H groups in total. The van der Waals surface area contributed by atoms with Crippen LogP contribution < -0.4 is 5.73 Å². The molecule has 16 heavy (non-hydrogen) atoms. The van der Waals surface area contributed by atoms with Gasteiger partial charge in [0.1, 0.15) is 6.04 Å². The van der Waals surface area contributed by atoms with Crippen LogP contribution in [0.15, 0.2) is 36.5 Å². The zero-order chi connectivity index (χ0) is 12.9. The molecule has 0 aliphatic heterocycles. The van der Waals surface area contributed by atoms with Crippen LogP contribution in [0, 0.1) is 0 Å². The molecule has 0 heterocycles. The molecule has 0 saturated heterocycles. The number of aliphatic carboxylic acids is 1. The van der Waals surface area contributed by atoms with E-state index in [4.69, 9.17) is 10.8 Å². The summed E-state index contributed by atoms with van der Waals surface area (Å²) < 4.78 is 37.3. The summed E-state index contributed by atoms with van der Waals surface area (Å²) >= 11 is 0. The smallest absolute Gasteiger partial charge is 0.416 e. The van der Waals surface area contributed by atoms with Crippen LogP contribution in [0.1, 0.15) is 6.42 Å². The Kier molecular flexibility index (Phi) is 4.97. The molecule has 0 amide bonds. The first-order chi connectivity index (χ1) is 7.23. The van der Waals surface area contributed by atoms with Gasteiger partial charge in [-0.3, -0.25) is 4.79 Å². The average Bonchev–Trinajstić information content (AvgIpc) is 2.14. The van der Waals surface area contributed by atoms with Gasteiger partial charge < -0.3 is 10.8 Å². The highest BCUT2D eigenvalue weighted by molar-refractivity contribution is 5.73. The second-order valence-corrected chi connectivity index (χ2v) is 2.99. The van der Waals surface area contributed by atoms with Crippen molar-refractivity contribution in [3.63, 3.8) is 0 Å². The number of carbonyl (C=O) groups is 1. The second-order valence-electron chi connectivity index (χ2n) is 2.99. The van der Waals surface area contributed by atoms with Crippen molar-refractivity contribution in [2.75, 3.05) is 0 Å². The maximum Gasteiger partial charge on any atom is 0.416 e. The summed E-state index contributed by atoms with van der Waals surface area (Å²) in [5, 5.41) is 8.49. The molecule has 6 heteroatoms. The first kappa shape index (κ1) is 14.4. The van der Waals surface area contributed by atoms with Crippen LogP contribution in [0.2, 0.25) is 0 Å². The number of carboxylic acids is 1. The maximum atomic E-state index is 12.4. The van der Waals surface area contributed by atoms with Crippen molar-refractivity contribution in [1.82, 2.24) is 0 Å². The van der Waals surface area contributed by atoms with E-state index in [2.05, 4.69) is 13.2 Å². The van der Waals surface area contributed by atoms with E-state index in [1.54, 1.807) is 0 Å². The average molecular weight is 235 g/mol. The SMILES string of the molecule is C=C/C(CC(N)C(=O)O)=C(\C=C)C(F)(F)F. The van der Waals surface area contributed by atoms with Gasteiger partial charge in [-0.2, -0.15) is 13.2 Å². The highest BCUT2D eigenvalue weighted by Crippen LogP contribution is 2.30. The molecule has 0 aromatic carbocycles. The fourth-order valence-electron chi connectivity index (χ4n) is 1.06. The molecular formula is C10H12F3NO2. The predicted molar refractivity (Wildman–Crippen MR) is 53.7 cm³/mol. The monoisotopic (exact) mass is 235 g/mol. The molecule has 0 aromatic heterocycles. The third-order valence-corrected chi connectivity index (χ3v) is 1.86. The number of rotatable bonds is 5. The standard InChI is InChI=1S/C10H12F3NO2/c1-3-6(5-8(14)9(15)16)7(4-2)10(11,12)13/h3-4,8H,1-2,5,14H2,(H,15,16)/b7-6-. The minimum atomic E-state index is -4.59. The van der Waals surface area contributed by atoms with Gasteiger partial charge >= 0.3 is 12.1 Å². The Labute approximate surface area is 90.7 Å². The Balaban J connectivity index is 5.22. The fraction of sp³-hybridized carbons (Fsp3) is 0.300. The number of hydrogen-bond acceptors (Lipinski definition) is 2. The fourth-order valence-corrected chi connectivity index (χ4v) is 1.06. The van der Waals surface area contributed by atoms with Gasteiger partial charge in [-0.15, -0.1) is 0 Å². The summed E-state index contributed by atoms with van der Waals surface area (Å²) in [4.78, 5) is 10.4. The summed E-state index contributed by atoms with van der Waals surface area (Å²) in [5.74, 6) is -1.37. The highest BCUT2D eigenvalue weighted by Gasteiger charge is 2.34. The Bertz CT molecular complexity index is 331. The molecule has 3 nitrogen and oxygen atoms in total. The Hall–Kier alpha value is -1.56. The Morgan fingerprint density at radius 2 is 1.88 bits per heavy atom. The molecule has 90 valence electrons. The topological polar surface area (TPSA) is 63.3 Å². The van der Waals surface area contributed by atoms with Crippen molar-refractivity contribution >= 4 is 5.97 Å². The third kappa shape index (κ3) is 3.90. The highest BCUT2D eigenvalue weighted by atomic mass is 19.4. The first-order valence-electron chi connectivity index (χ1n) is 4.27. The van der Waals surface area contributed by atoms with Crippen LogP contribution in [-0.4, -0.2) is 23.3 Å². The van der Waals surface area contributed by atoms with Gasteiger partial charge in [-0.1, -0.05) is 25.3 Å². The van der Waals surface area contributed by atoms with Crippen LogP contribution in [0.5, 0.6) is 0 Å². The lowest BCUT2D eigenvalue weighted by Gasteiger charge is -2.14. The van der Waals surface area contributed by atoms with Gasteiger partial charge in [0.15, 0.2) is 0 Å². The van der Waals surface area contributed by atoms with Crippen LogP contribution in [0.4, 0.5) is 13.2 Å². The number of nitrogens with two attached hydrogens (primary N) is 1. The van der Waals surface area contributed by atoms with E-state index in [9.17, 15) is 18.0 Å². The van der Waals surface area contributed by atoms with Crippen molar-refractivity contribution in [2.24, 2.45) is 5.73 Å². The van der Waals surface area contributed by atoms with Gasteiger partial charge in [0.2, 0.25) is 0 Å². The van der Waals surface area contributed by atoms with E-state index in [1.165, 1.54) is 0 Å². The third-order valence-electron chi connectivity index (χ3n) is 1.86. The number of alkyl halides is 3. The molecular weight excluding hydrogens is 223 g/mol. The van der Waals surface area contributed by atoms with Crippen molar-refractivity contribution in [3.8, 4) is 0 Å². The van der Waals surface area contributed by atoms with Crippen LogP contribution >= 0.6 is 0 Å². The zero-order valence-corrected chi connectivity index (χ0v) is 8.42. The van der Waals surface area contributed by atoms with E-state index in [1.807, 2.05) is 0 Å².